The Bertz CT molecular complexity index is 803. The van der Waals surface area contributed by atoms with Gasteiger partial charge in [-0.3, -0.25) is 14.6 Å². The monoisotopic (exact) mass is 335 g/mol. The van der Waals surface area contributed by atoms with Crippen LogP contribution in [-0.4, -0.2) is 41.3 Å². The van der Waals surface area contributed by atoms with Gasteiger partial charge in [0.1, 0.15) is 0 Å². The fourth-order valence-corrected chi connectivity index (χ4v) is 3.91. The van der Waals surface area contributed by atoms with Gasteiger partial charge in [0.2, 0.25) is 5.91 Å². The molecule has 0 bridgehead atoms. The first-order valence-corrected chi connectivity index (χ1v) is 8.63. The third kappa shape index (κ3) is 2.90. The van der Waals surface area contributed by atoms with Crippen LogP contribution in [0, 0.1) is 12.3 Å². The summed E-state index contributed by atoms with van der Waals surface area (Å²) in [5.41, 5.74) is 2.61. The molecule has 128 valence electrons. The van der Waals surface area contributed by atoms with Crippen LogP contribution in [-0.2, 0) is 4.79 Å². The third-order valence-corrected chi connectivity index (χ3v) is 5.30. The van der Waals surface area contributed by atoms with Crippen molar-refractivity contribution in [3.63, 3.8) is 0 Å². The Kier molecular flexibility index (Phi) is 3.79. The largest absolute Gasteiger partial charge is 0.338 e. The number of carbonyl (C=O) groups is 2. The van der Waals surface area contributed by atoms with Gasteiger partial charge in [-0.1, -0.05) is 17.7 Å². The van der Waals surface area contributed by atoms with Gasteiger partial charge in [-0.2, -0.15) is 0 Å². The first-order valence-electron chi connectivity index (χ1n) is 8.63. The maximum absolute atomic E-state index is 12.6. The number of likely N-dealkylation sites (tertiary alicyclic amines) is 1. The molecule has 2 aromatic rings. The topological polar surface area (TPSA) is 53.5 Å². The Morgan fingerprint density at radius 1 is 1.16 bits per heavy atom. The number of pyridine rings is 1. The standard InChI is InChI=1S/C20H21N3O2/c1-15-4-6-17(7-5-15)23-14-20(11-18(23)24)8-10-22(13-20)19(25)16-3-2-9-21-12-16/h2-7,9,12H,8,10-11,13-14H2,1H3. The maximum Gasteiger partial charge on any atom is 0.255 e. The van der Waals surface area contributed by atoms with Crippen LogP contribution in [0.3, 0.4) is 0 Å². The summed E-state index contributed by atoms with van der Waals surface area (Å²) in [6.07, 6.45) is 4.65. The molecule has 5 nitrogen and oxygen atoms in total. The quantitative estimate of drug-likeness (QED) is 0.848. The van der Waals surface area contributed by atoms with Gasteiger partial charge in [0, 0.05) is 49.6 Å². The molecule has 2 fully saturated rings. The molecule has 2 aliphatic heterocycles. The molecular weight excluding hydrogens is 314 g/mol. The zero-order chi connectivity index (χ0) is 17.4. The van der Waals surface area contributed by atoms with E-state index < -0.39 is 0 Å². The molecule has 0 aliphatic carbocycles. The summed E-state index contributed by atoms with van der Waals surface area (Å²) in [6.45, 7) is 4.05. The first kappa shape index (κ1) is 15.8. The second kappa shape index (κ2) is 5.99. The SMILES string of the molecule is Cc1ccc(N2CC3(CCN(C(=O)c4cccnc4)C3)CC2=O)cc1. The average molecular weight is 335 g/mol. The predicted octanol–water partition coefficient (Wildman–Crippen LogP) is 2.66. The summed E-state index contributed by atoms with van der Waals surface area (Å²) in [4.78, 5) is 33.0. The van der Waals surface area contributed by atoms with Gasteiger partial charge in [0.15, 0.2) is 0 Å². The molecule has 0 radical (unpaired) electrons. The zero-order valence-electron chi connectivity index (χ0n) is 14.3. The van der Waals surface area contributed by atoms with Gasteiger partial charge in [-0.05, 0) is 37.6 Å². The molecule has 3 heterocycles. The summed E-state index contributed by atoms with van der Waals surface area (Å²) in [5.74, 6) is 0.158. The Hall–Kier alpha value is -2.69. The molecule has 0 saturated carbocycles. The van der Waals surface area contributed by atoms with E-state index in [1.54, 1.807) is 24.5 Å². The molecule has 5 heteroatoms. The summed E-state index contributed by atoms with van der Waals surface area (Å²) >= 11 is 0. The van der Waals surface area contributed by atoms with Crippen LogP contribution in [0.25, 0.3) is 0 Å². The van der Waals surface area contributed by atoms with E-state index in [1.807, 2.05) is 41.0 Å². The lowest BCUT2D eigenvalue weighted by Gasteiger charge is -2.24. The highest BCUT2D eigenvalue weighted by molar-refractivity contribution is 5.97. The van der Waals surface area contributed by atoms with Crippen molar-refractivity contribution in [1.29, 1.82) is 0 Å². The van der Waals surface area contributed by atoms with Crippen molar-refractivity contribution in [3.05, 3.63) is 59.9 Å². The first-order chi connectivity index (χ1) is 12.1. The van der Waals surface area contributed by atoms with Crippen LogP contribution in [0.15, 0.2) is 48.8 Å². The smallest absolute Gasteiger partial charge is 0.255 e. The van der Waals surface area contributed by atoms with Crippen molar-refractivity contribution in [2.75, 3.05) is 24.5 Å². The molecule has 25 heavy (non-hydrogen) atoms. The van der Waals surface area contributed by atoms with E-state index >= 15 is 0 Å². The van der Waals surface area contributed by atoms with Crippen molar-refractivity contribution in [2.24, 2.45) is 5.41 Å². The van der Waals surface area contributed by atoms with Crippen molar-refractivity contribution in [3.8, 4) is 0 Å². The van der Waals surface area contributed by atoms with Gasteiger partial charge in [-0.15, -0.1) is 0 Å². The van der Waals surface area contributed by atoms with E-state index in [0.29, 0.717) is 31.6 Å². The van der Waals surface area contributed by atoms with Crippen molar-refractivity contribution >= 4 is 17.5 Å². The molecule has 2 amide bonds. The highest BCUT2D eigenvalue weighted by Crippen LogP contribution is 2.42. The fraction of sp³-hybridized carbons (Fsp3) is 0.350. The molecule has 0 N–H and O–H groups in total. The van der Waals surface area contributed by atoms with Crippen LogP contribution in [0.1, 0.15) is 28.8 Å². The number of hydrogen-bond donors (Lipinski definition) is 0. The minimum absolute atomic E-state index is 0.00575. The van der Waals surface area contributed by atoms with Crippen molar-refractivity contribution in [1.82, 2.24) is 9.88 Å². The van der Waals surface area contributed by atoms with Crippen LogP contribution in [0.4, 0.5) is 5.69 Å². The maximum atomic E-state index is 12.6. The van der Waals surface area contributed by atoms with Crippen LogP contribution in [0.2, 0.25) is 0 Å². The number of nitrogens with zero attached hydrogens (tertiary/aromatic N) is 3. The number of amides is 2. The summed E-state index contributed by atoms with van der Waals surface area (Å²) < 4.78 is 0. The highest BCUT2D eigenvalue weighted by Gasteiger charge is 2.48. The number of aryl methyl sites for hydroxylation is 1. The van der Waals surface area contributed by atoms with Gasteiger partial charge < -0.3 is 9.80 Å². The Morgan fingerprint density at radius 2 is 1.96 bits per heavy atom. The molecule has 1 spiro atoms. The molecule has 1 unspecified atom stereocenters. The minimum Gasteiger partial charge on any atom is -0.338 e. The normalized spacial score (nSPS) is 22.8. The number of hydrogen-bond acceptors (Lipinski definition) is 3. The molecule has 4 rings (SSSR count). The van der Waals surface area contributed by atoms with E-state index in [9.17, 15) is 9.59 Å². The van der Waals surface area contributed by atoms with Crippen LogP contribution >= 0.6 is 0 Å². The van der Waals surface area contributed by atoms with Crippen LogP contribution in [0.5, 0.6) is 0 Å². The summed E-state index contributed by atoms with van der Waals surface area (Å²) in [6, 6.07) is 11.6. The van der Waals surface area contributed by atoms with Crippen molar-refractivity contribution < 1.29 is 9.59 Å². The highest BCUT2D eigenvalue weighted by atomic mass is 16.2. The minimum atomic E-state index is -0.125. The van der Waals surface area contributed by atoms with E-state index in [0.717, 1.165) is 12.1 Å². The van der Waals surface area contributed by atoms with E-state index in [2.05, 4.69) is 4.98 Å². The third-order valence-electron chi connectivity index (χ3n) is 5.30. The number of rotatable bonds is 2. The van der Waals surface area contributed by atoms with E-state index in [-0.39, 0.29) is 17.2 Å². The van der Waals surface area contributed by atoms with Crippen molar-refractivity contribution in [2.45, 2.75) is 19.8 Å². The Balaban J connectivity index is 1.50. The summed E-state index contributed by atoms with van der Waals surface area (Å²) in [5, 5.41) is 0. The second-order valence-corrected chi connectivity index (χ2v) is 7.21. The molecule has 2 saturated heterocycles. The lowest BCUT2D eigenvalue weighted by atomic mass is 9.86. The van der Waals surface area contributed by atoms with Gasteiger partial charge in [0.05, 0.1) is 5.56 Å². The van der Waals surface area contributed by atoms with E-state index in [4.69, 9.17) is 0 Å². The second-order valence-electron chi connectivity index (χ2n) is 7.21. The lowest BCUT2D eigenvalue weighted by Crippen LogP contribution is -2.34. The number of carbonyl (C=O) groups excluding carboxylic acids is 2. The Morgan fingerprint density at radius 3 is 2.68 bits per heavy atom. The number of aromatic nitrogens is 1. The summed E-state index contributed by atoms with van der Waals surface area (Å²) in [7, 11) is 0. The molecule has 2 aliphatic rings. The van der Waals surface area contributed by atoms with E-state index in [1.165, 1.54) is 5.56 Å². The van der Waals surface area contributed by atoms with Gasteiger partial charge >= 0.3 is 0 Å². The average Bonchev–Trinajstić information content (AvgIpc) is 3.19. The molecule has 1 atom stereocenters. The predicted molar refractivity (Wildman–Crippen MR) is 95.3 cm³/mol. The molecule has 1 aromatic heterocycles. The Labute approximate surface area is 147 Å². The number of anilines is 1. The van der Waals surface area contributed by atoms with Gasteiger partial charge in [0.25, 0.3) is 5.91 Å². The fourth-order valence-electron chi connectivity index (χ4n) is 3.91. The lowest BCUT2D eigenvalue weighted by molar-refractivity contribution is -0.117. The van der Waals surface area contributed by atoms with Crippen LogP contribution < -0.4 is 4.90 Å². The van der Waals surface area contributed by atoms with Gasteiger partial charge in [-0.25, -0.2) is 0 Å². The zero-order valence-corrected chi connectivity index (χ0v) is 14.3. The molecular formula is C20H21N3O2. The molecule has 1 aromatic carbocycles. The number of benzene rings is 1.